The number of hydrogen-bond acceptors (Lipinski definition) is 13. The number of β-lactam (4-membered cyclic amide) rings is 1. The van der Waals surface area contributed by atoms with Crippen LogP contribution in [0.4, 0.5) is 10.9 Å². The molecule has 3 unspecified atom stereocenters. The lowest BCUT2D eigenvalue weighted by molar-refractivity contribution is -0.682. The number of ether oxygens (including phenoxy) is 1. The van der Waals surface area contributed by atoms with E-state index >= 15 is 0 Å². The molecule has 3 atom stereocenters. The zero-order valence-corrected chi connectivity index (χ0v) is 22.1. The third kappa shape index (κ3) is 5.47. The van der Waals surface area contributed by atoms with Gasteiger partial charge in [-0.1, -0.05) is 0 Å². The zero-order chi connectivity index (χ0) is 27.7. The van der Waals surface area contributed by atoms with Gasteiger partial charge in [0.2, 0.25) is 5.82 Å². The standard InChI is InChI=1S/C20H22N8O7S3/c1-7-2-27(23)20(26-14(7)21)38-5-8-4-36-17-11(16(32)28(17)12(8)18(33)34)25-15(31)13(35-3-10(29)30)9-6-37-19(22)24-9/h2,6,11,13,17,21H,3-5,23H2,1H3,(H5,22,24,25,29,30,31,33,34)/p+1. The maximum Gasteiger partial charge on any atom is 0.384 e. The number of nitrogen functional groups attached to an aromatic ring is 3. The molecule has 0 aromatic carbocycles. The van der Waals surface area contributed by atoms with Crippen LogP contribution in [-0.4, -0.2) is 78.4 Å². The number of rotatable bonds is 10. The Kier molecular flexibility index (Phi) is 7.95. The normalized spacial score (nSPS) is 19.5. The molecule has 18 heteroatoms. The number of thioether (sulfide) groups is 2. The van der Waals surface area contributed by atoms with Crippen molar-refractivity contribution < 1.29 is 38.8 Å². The van der Waals surface area contributed by atoms with Gasteiger partial charge < -0.3 is 31.7 Å². The van der Waals surface area contributed by atoms with Crippen molar-refractivity contribution in [1.29, 1.82) is 0 Å². The van der Waals surface area contributed by atoms with Crippen molar-refractivity contribution in [3.05, 3.63) is 34.1 Å². The molecule has 4 heterocycles. The van der Waals surface area contributed by atoms with Crippen LogP contribution in [0.25, 0.3) is 0 Å². The molecule has 0 bridgehead atoms. The second-order valence-electron chi connectivity index (χ2n) is 8.14. The average molecular weight is 584 g/mol. The van der Waals surface area contributed by atoms with Crippen molar-refractivity contribution in [2.45, 2.75) is 29.6 Å². The lowest BCUT2D eigenvalue weighted by atomic mass is 10.0. The Bertz CT molecular complexity index is 1350. The first-order valence-corrected chi connectivity index (χ1v) is 13.7. The number of hydrogen-bond donors (Lipinski definition) is 6. The van der Waals surface area contributed by atoms with Crippen LogP contribution >= 0.6 is 34.9 Å². The first kappa shape index (κ1) is 27.4. The number of thiazole rings is 1. The molecule has 9 N–H and O–H groups in total. The summed E-state index contributed by atoms with van der Waals surface area (Å²) in [5.41, 5.74) is 12.6. The molecule has 2 aromatic rings. The first-order valence-electron chi connectivity index (χ1n) is 10.8. The third-order valence-corrected chi connectivity index (χ3v) is 8.60. The van der Waals surface area contributed by atoms with E-state index in [1.54, 1.807) is 13.1 Å². The fourth-order valence-corrected chi connectivity index (χ4v) is 6.69. The number of anilines is 2. The van der Waals surface area contributed by atoms with Crippen LogP contribution in [0, 0.1) is 6.92 Å². The van der Waals surface area contributed by atoms with Crippen LogP contribution in [0.3, 0.4) is 0 Å². The van der Waals surface area contributed by atoms with Crippen LogP contribution in [0.1, 0.15) is 17.4 Å². The highest BCUT2D eigenvalue weighted by atomic mass is 32.2. The molecule has 4 rings (SSSR count). The Labute approximate surface area is 227 Å². The maximum absolute atomic E-state index is 13.0. The number of fused-ring (bicyclic) bond motifs is 1. The highest BCUT2D eigenvalue weighted by Crippen LogP contribution is 2.41. The van der Waals surface area contributed by atoms with Gasteiger partial charge in [0.05, 0.1) is 11.3 Å². The third-order valence-electron chi connectivity index (χ3n) is 5.52. The smallest absolute Gasteiger partial charge is 0.384 e. The van der Waals surface area contributed by atoms with E-state index in [1.807, 2.05) is 0 Å². The summed E-state index contributed by atoms with van der Waals surface area (Å²) in [5, 5.41) is 22.7. The molecule has 0 aliphatic carbocycles. The van der Waals surface area contributed by atoms with Crippen molar-refractivity contribution in [2.75, 3.05) is 35.4 Å². The number of aliphatic carboxylic acids is 2. The Hall–Kier alpha value is -3.61. The molecule has 202 valence electrons. The Morgan fingerprint density at radius 3 is 2.71 bits per heavy atom. The average Bonchev–Trinajstić information content (AvgIpc) is 3.28. The second-order valence-corrected chi connectivity index (χ2v) is 11.1. The summed E-state index contributed by atoms with van der Waals surface area (Å²) < 4.78 is 6.48. The van der Waals surface area contributed by atoms with Crippen molar-refractivity contribution in [1.82, 2.24) is 20.2 Å². The molecule has 1 saturated heterocycles. The number of aryl methyl sites for hydroxylation is 1. The van der Waals surface area contributed by atoms with E-state index in [9.17, 15) is 24.3 Å². The molecule has 15 nitrogen and oxygen atoms in total. The maximum atomic E-state index is 13.0. The van der Waals surface area contributed by atoms with E-state index in [-0.39, 0.29) is 28.0 Å². The molecule has 1 fully saturated rings. The molecule has 0 spiro atoms. The molecular formula is C20H23N8O7S3+. The van der Waals surface area contributed by atoms with Gasteiger partial charge >= 0.3 is 17.1 Å². The summed E-state index contributed by atoms with van der Waals surface area (Å²) in [6, 6.07) is -1.05. The summed E-state index contributed by atoms with van der Waals surface area (Å²) in [6.07, 6.45) is 0.177. The van der Waals surface area contributed by atoms with Gasteiger partial charge in [-0.05, 0) is 29.2 Å². The number of carbonyl (C=O) groups excluding carboxylic acids is 2. The van der Waals surface area contributed by atoms with E-state index < -0.39 is 47.9 Å². The minimum absolute atomic E-state index is 0.0964. The van der Waals surface area contributed by atoms with Gasteiger partial charge in [0.15, 0.2) is 11.2 Å². The van der Waals surface area contributed by atoms with E-state index in [4.69, 9.17) is 27.2 Å². The van der Waals surface area contributed by atoms with Crippen LogP contribution in [0.15, 0.2) is 28.0 Å². The second kappa shape index (κ2) is 11.0. The Morgan fingerprint density at radius 2 is 2.08 bits per heavy atom. The zero-order valence-electron chi connectivity index (χ0n) is 19.7. The van der Waals surface area contributed by atoms with Crippen LogP contribution in [-0.2, 0) is 23.9 Å². The number of carboxylic acid groups (broad SMARTS) is 2. The summed E-state index contributed by atoms with van der Waals surface area (Å²) in [4.78, 5) is 58.4. The summed E-state index contributed by atoms with van der Waals surface area (Å²) in [5.74, 6) is 2.66. The minimum atomic E-state index is -1.42. The number of nitrogens with one attached hydrogen (secondary N) is 1. The lowest BCUT2D eigenvalue weighted by Gasteiger charge is -2.49. The predicted octanol–water partition coefficient (Wildman–Crippen LogP) is -1.31. The van der Waals surface area contributed by atoms with Crippen molar-refractivity contribution in [3.63, 3.8) is 0 Å². The molecule has 2 aliphatic rings. The quantitative estimate of drug-likeness (QED) is 0.0625. The van der Waals surface area contributed by atoms with E-state index in [1.165, 1.54) is 33.6 Å². The van der Waals surface area contributed by atoms with Crippen LogP contribution in [0.2, 0.25) is 0 Å². The highest BCUT2D eigenvalue weighted by Gasteiger charge is 2.54. The largest absolute Gasteiger partial charge is 0.480 e. The fourth-order valence-electron chi connectivity index (χ4n) is 3.73. The van der Waals surface area contributed by atoms with Gasteiger partial charge in [0.1, 0.15) is 29.9 Å². The molecule has 2 aromatic heterocycles. The molecule has 0 radical (unpaired) electrons. The number of carbonyl (C=O) groups is 4. The molecule has 0 saturated carbocycles. The van der Waals surface area contributed by atoms with Gasteiger partial charge in [-0.25, -0.2) is 14.6 Å². The Morgan fingerprint density at radius 1 is 1.34 bits per heavy atom. The Balaban J connectivity index is 1.49. The van der Waals surface area contributed by atoms with E-state index in [2.05, 4.69) is 15.3 Å². The SMILES string of the molecule is Cc1c[n+](N)c(SCC2=C(C(=O)O)N3C(=O)C(NC(=O)C(OCC(=O)O)c4csc(N)n4)C3SC2)nc1N. The number of nitrogens with two attached hydrogens (primary N) is 3. The summed E-state index contributed by atoms with van der Waals surface area (Å²) in [6.45, 7) is 0.969. The summed E-state index contributed by atoms with van der Waals surface area (Å²) in [7, 11) is 0. The van der Waals surface area contributed by atoms with E-state index in [0.29, 0.717) is 22.1 Å². The summed E-state index contributed by atoms with van der Waals surface area (Å²) >= 11 is 3.48. The molecule has 2 amide bonds. The first-order chi connectivity index (χ1) is 18.0. The highest BCUT2D eigenvalue weighted by molar-refractivity contribution is 8.01. The number of carboxylic acids is 2. The van der Waals surface area contributed by atoms with Crippen LogP contribution in [0.5, 0.6) is 0 Å². The van der Waals surface area contributed by atoms with Gasteiger partial charge in [-0.2, -0.15) is 0 Å². The van der Waals surface area contributed by atoms with Gasteiger partial charge in [0, 0.05) is 16.9 Å². The van der Waals surface area contributed by atoms with Crippen LogP contribution < -0.4 is 27.3 Å². The molecule has 38 heavy (non-hydrogen) atoms. The number of amides is 2. The number of aromatic nitrogens is 3. The topological polar surface area (TPSA) is 241 Å². The van der Waals surface area contributed by atoms with E-state index in [0.717, 1.165) is 16.2 Å². The van der Waals surface area contributed by atoms with Crippen molar-refractivity contribution in [2.24, 2.45) is 0 Å². The predicted molar refractivity (Wildman–Crippen MR) is 137 cm³/mol. The van der Waals surface area contributed by atoms with Gasteiger partial charge in [-0.3, -0.25) is 20.3 Å². The molecule has 2 aliphatic heterocycles. The van der Waals surface area contributed by atoms with Crippen molar-refractivity contribution in [3.8, 4) is 0 Å². The molecular weight excluding hydrogens is 560 g/mol. The van der Waals surface area contributed by atoms with Gasteiger partial charge in [-0.15, -0.1) is 27.8 Å². The fraction of sp³-hybridized carbons (Fsp3) is 0.350. The minimum Gasteiger partial charge on any atom is -0.480 e. The van der Waals surface area contributed by atoms with Crippen molar-refractivity contribution >= 4 is 69.6 Å². The monoisotopic (exact) mass is 583 g/mol. The lowest BCUT2D eigenvalue weighted by Crippen LogP contribution is -2.71. The number of nitrogens with zero attached hydrogens (tertiary/aromatic N) is 4. The van der Waals surface area contributed by atoms with Gasteiger partial charge in [0.25, 0.3) is 11.8 Å².